The van der Waals surface area contributed by atoms with Gasteiger partial charge in [0.2, 0.25) is 0 Å². The standard InChI is InChI=1S/C13H10O.CH5NO/c14-13(11-7-3-1-4-8-11)12-9-5-2-6-10-12;2-1-3/h1-10H;3H,1-2H2. The lowest BCUT2D eigenvalue weighted by Crippen LogP contribution is -1.99. The van der Waals surface area contributed by atoms with E-state index >= 15 is 0 Å². The van der Waals surface area contributed by atoms with Gasteiger partial charge >= 0.3 is 0 Å². The molecule has 0 aliphatic heterocycles. The maximum atomic E-state index is 11.8. The zero-order valence-electron chi connectivity index (χ0n) is 9.41. The molecule has 2 aromatic carbocycles. The van der Waals surface area contributed by atoms with Gasteiger partial charge in [-0.25, -0.2) is 0 Å². The molecule has 2 aromatic rings. The summed E-state index contributed by atoms with van der Waals surface area (Å²) < 4.78 is 0. The Bertz CT molecular complexity index is 399. The molecule has 0 spiro atoms. The molecule has 3 heteroatoms. The predicted octanol–water partition coefficient (Wildman–Crippen LogP) is 1.81. The molecular formula is C14H15NO2. The van der Waals surface area contributed by atoms with E-state index in [9.17, 15) is 4.79 Å². The molecule has 17 heavy (non-hydrogen) atoms. The molecule has 0 bridgehead atoms. The second kappa shape index (κ2) is 7.33. The van der Waals surface area contributed by atoms with E-state index in [1.54, 1.807) is 0 Å². The number of carbonyl (C=O) groups excluding carboxylic acids is 1. The van der Waals surface area contributed by atoms with Gasteiger partial charge in [-0.1, -0.05) is 60.7 Å². The summed E-state index contributed by atoms with van der Waals surface area (Å²) in [6.45, 7) is -0.250. The summed E-state index contributed by atoms with van der Waals surface area (Å²) in [6.07, 6.45) is 0. The van der Waals surface area contributed by atoms with Crippen LogP contribution in [0.1, 0.15) is 15.9 Å². The van der Waals surface area contributed by atoms with Gasteiger partial charge in [0.05, 0.1) is 6.73 Å². The van der Waals surface area contributed by atoms with Crippen LogP contribution in [-0.2, 0) is 0 Å². The number of hydrogen-bond acceptors (Lipinski definition) is 3. The first kappa shape index (κ1) is 13.1. The Kier molecular flexibility index (Phi) is 5.64. The summed E-state index contributed by atoms with van der Waals surface area (Å²) in [5.74, 6) is 0.0752. The highest BCUT2D eigenvalue weighted by Gasteiger charge is 2.06. The number of nitrogens with two attached hydrogens (primary N) is 1. The lowest BCUT2D eigenvalue weighted by molar-refractivity contribution is 0.103. The lowest BCUT2D eigenvalue weighted by atomic mass is 10.0. The molecule has 88 valence electrons. The van der Waals surface area contributed by atoms with E-state index < -0.39 is 0 Å². The number of hydrogen-bond donors (Lipinski definition) is 2. The molecule has 0 heterocycles. The number of benzene rings is 2. The number of carbonyl (C=O) groups is 1. The van der Waals surface area contributed by atoms with Gasteiger partial charge in [0, 0.05) is 11.1 Å². The molecule has 0 aliphatic carbocycles. The fraction of sp³-hybridized carbons (Fsp3) is 0.0714. The topological polar surface area (TPSA) is 63.3 Å². The van der Waals surface area contributed by atoms with Crippen molar-refractivity contribution in [2.75, 3.05) is 6.73 Å². The van der Waals surface area contributed by atoms with Crippen molar-refractivity contribution in [2.24, 2.45) is 5.73 Å². The third kappa shape index (κ3) is 4.18. The summed E-state index contributed by atoms with van der Waals surface area (Å²) in [4.78, 5) is 11.8. The SMILES string of the molecule is NCO.O=C(c1ccccc1)c1ccccc1. The number of aliphatic hydroxyl groups is 1. The van der Waals surface area contributed by atoms with E-state index in [1.807, 2.05) is 60.7 Å². The average molecular weight is 229 g/mol. The van der Waals surface area contributed by atoms with E-state index in [-0.39, 0.29) is 12.5 Å². The highest BCUT2D eigenvalue weighted by Crippen LogP contribution is 2.08. The molecule has 0 saturated carbocycles. The monoisotopic (exact) mass is 229 g/mol. The maximum absolute atomic E-state index is 11.8. The molecule has 0 aromatic heterocycles. The first-order valence-corrected chi connectivity index (χ1v) is 5.25. The average Bonchev–Trinajstić information content (AvgIpc) is 2.41. The minimum absolute atomic E-state index is 0.0752. The van der Waals surface area contributed by atoms with Crippen molar-refractivity contribution in [2.45, 2.75) is 0 Å². The predicted molar refractivity (Wildman–Crippen MR) is 67.6 cm³/mol. The molecule has 0 saturated heterocycles. The Hall–Kier alpha value is -1.97. The molecule has 0 aliphatic rings. The van der Waals surface area contributed by atoms with E-state index in [0.717, 1.165) is 11.1 Å². The van der Waals surface area contributed by atoms with Gasteiger partial charge in [-0.3, -0.25) is 4.79 Å². The quantitative estimate of drug-likeness (QED) is 0.610. The zero-order valence-corrected chi connectivity index (χ0v) is 9.41. The van der Waals surface area contributed by atoms with Gasteiger partial charge in [-0.15, -0.1) is 0 Å². The van der Waals surface area contributed by atoms with Crippen molar-refractivity contribution < 1.29 is 9.90 Å². The Balaban J connectivity index is 0.000000437. The Morgan fingerprint density at radius 3 is 1.47 bits per heavy atom. The van der Waals surface area contributed by atoms with Crippen LogP contribution in [0.3, 0.4) is 0 Å². The van der Waals surface area contributed by atoms with Crippen LogP contribution in [0.15, 0.2) is 60.7 Å². The second-order valence-corrected chi connectivity index (χ2v) is 3.24. The van der Waals surface area contributed by atoms with Crippen LogP contribution in [0.2, 0.25) is 0 Å². The van der Waals surface area contributed by atoms with Crippen LogP contribution in [0.25, 0.3) is 0 Å². The summed E-state index contributed by atoms with van der Waals surface area (Å²) >= 11 is 0. The van der Waals surface area contributed by atoms with Crippen molar-refractivity contribution in [3.05, 3.63) is 71.8 Å². The van der Waals surface area contributed by atoms with E-state index in [4.69, 9.17) is 5.11 Å². The molecule has 0 fully saturated rings. The molecular weight excluding hydrogens is 214 g/mol. The summed E-state index contributed by atoms with van der Waals surface area (Å²) in [6, 6.07) is 18.6. The zero-order chi connectivity index (χ0) is 12.5. The molecule has 0 atom stereocenters. The first-order chi connectivity index (χ1) is 8.29. The van der Waals surface area contributed by atoms with Crippen molar-refractivity contribution in [3.63, 3.8) is 0 Å². The van der Waals surface area contributed by atoms with Crippen LogP contribution in [0, 0.1) is 0 Å². The maximum Gasteiger partial charge on any atom is 0.193 e. The molecule has 3 nitrogen and oxygen atoms in total. The Morgan fingerprint density at radius 1 is 0.882 bits per heavy atom. The smallest absolute Gasteiger partial charge is 0.193 e. The van der Waals surface area contributed by atoms with Crippen LogP contribution in [-0.4, -0.2) is 17.6 Å². The highest BCUT2D eigenvalue weighted by atomic mass is 16.3. The molecule has 2 rings (SSSR count). The van der Waals surface area contributed by atoms with Gasteiger partial charge < -0.3 is 10.8 Å². The number of ketones is 1. The van der Waals surface area contributed by atoms with Gasteiger partial charge in [0.1, 0.15) is 0 Å². The first-order valence-electron chi connectivity index (χ1n) is 5.25. The van der Waals surface area contributed by atoms with Crippen LogP contribution >= 0.6 is 0 Å². The lowest BCUT2D eigenvalue weighted by Gasteiger charge is -1.99. The van der Waals surface area contributed by atoms with Gasteiger partial charge in [-0.2, -0.15) is 0 Å². The molecule has 0 amide bonds. The largest absolute Gasteiger partial charge is 0.382 e. The van der Waals surface area contributed by atoms with Gasteiger partial charge in [0.25, 0.3) is 0 Å². The third-order valence-corrected chi connectivity index (χ3v) is 2.07. The van der Waals surface area contributed by atoms with E-state index in [2.05, 4.69) is 5.73 Å². The third-order valence-electron chi connectivity index (χ3n) is 2.07. The summed E-state index contributed by atoms with van der Waals surface area (Å²) in [7, 11) is 0. The Morgan fingerprint density at radius 2 is 1.18 bits per heavy atom. The van der Waals surface area contributed by atoms with Gasteiger partial charge in [0.15, 0.2) is 5.78 Å². The summed E-state index contributed by atoms with van der Waals surface area (Å²) in [5.41, 5.74) is 5.87. The van der Waals surface area contributed by atoms with Crippen LogP contribution in [0.5, 0.6) is 0 Å². The van der Waals surface area contributed by atoms with E-state index in [0.29, 0.717) is 0 Å². The van der Waals surface area contributed by atoms with Crippen molar-refractivity contribution >= 4 is 5.78 Å². The normalized spacial score (nSPS) is 9.06. The van der Waals surface area contributed by atoms with Crippen LogP contribution < -0.4 is 5.73 Å². The van der Waals surface area contributed by atoms with Crippen molar-refractivity contribution in [1.82, 2.24) is 0 Å². The fourth-order valence-corrected chi connectivity index (χ4v) is 1.35. The molecule has 0 radical (unpaired) electrons. The number of aliphatic hydroxyl groups excluding tert-OH is 1. The molecule has 3 N–H and O–H groups in total. The minimum atomic E-state index is -0.250. The second-order valence-electron chi connectivity index (χ2n) is 3.24. The Labute approximate surface area is 101 Å². The van der Waals surface area contributed by atoms with E-state index in [1.165, 1.54) is 0 Å². The van der Waals surface area contributed by atoms with Crippen LogP contribution in [0.4, 0.5) is 0 Å². The summed E-state index contributed by atoms with van der Waals surface area (Å²) in [5, 5.41) is 7.35. The highest BCUT2D eigenvalue weighted by molar-refractivity contribution is 6.08. The minimum Gasteiger partial charge on any atom is -0.382 e. The van der Waals surface area contributed by atoms with Crippen molar-refractivity contribution in [1.29, 1.82) is 0 Å². The number of rotatable bonds is 2. The fourth-order valence-electron chi connectivity index (χ4n) is 1.35. The van der Waals surface area contributed by atoms with Crippen molar-refractivity contribution in [3.8, 4) is 0 Å². The van der Waals surface area contributed by atoms with Gasteiger partial charge in [-0.05, 0) is 0 Å². The molecule has 0 unspecified atom stereocenters.